The van der Waals surface area contributed by atoms with E-state index in [2.05, 4.69) is 13.0 Å². The van der Waals surface area contributed by atoms with Crippen LogP contribution in [-0.4, -0.2) is 13.2 Å². The van der Waals surface area contributed by atoms with Gasteiger partial charge in [0.25, 0.3) is 0 Å². The van der Waals surface area contributed by atoms with Gasteiger partial charge in [0.2, 0.25) is 0 Å². The highest BCUT2D eigenvalue weighted by Gasteiger charge is 2.31. The molecule has 2 aromatic rings. The van der Waals surface area contributed by atoms with Gasteiger partial charge >= 0.3 is 0 Å². The molecule has 20 heavy (non-hydrogen) atoms. The maximum absolute atomic E-state index is 6.31. The van der Waals surface area contributed by atoms with E-state index in [9.17, 15) is 0 Å². The van der Waals surface area contributed by atoms with Gasteiger partial charge in [0, 0.05) is 6.42 Å². The van der Waals surface area contributed by atoms with Crippen LogP contribution >= 0.6 is 0 Å². The smallest absolute Gasteiger partial charge is 0.122 e. The summed E-state index contributed by atoms with van der Waals surface area (Å²) in [5, 5.41) is 0. The molecule has 0 radical (unpaired) electrons. The van der Waals surface area contributed by atoms with E-state index in [1.54, 1.807) is 7.11 Å². The molecule has 1 aliphatic carbocycles. The standard InChI is InChI=1S/C17H19NO2/c1-11-3-6-13(7-4-11)20-16-9-12-5-8-14(19-2)10-15(12)17(16)18/h3-8,10,16-17H,9,18H2,1-2H3. The number of hydrogen-bond donors (Lipinski definition) is 1. The van der Waals surface area contributed by atoms with Crippen LogP contribution in [-0.2, 0) is 6.42 Å². The van der Waals surface area contributed by atoms with Crippen LogP contribution in [0.2, 0.25) is 0 Å². The normalized spacial score (nSPS) is 20.6. The van der Waals surface area contributed by atoms with Gasteiger partial charge in [-0.1, -0.05) is 23.8 Å². The number of nitrogens with two attached hydrogens (primary N) is 1. The number of hydrogen-bond acceptors (Lipinski definition) is 3. The highest BCUT2D eigenvalue weighted by Crippen LogP contribution is 2.34. The summed E-state index contributed by atoms with van der Waals surface area (Å²) >= 11 is 0. The number of aryl methyl sites for hydroxylation is 1. The predicted molar refractivity (Wildman–Crippen MR) is 79.2 cm³/mol. The first-order valence-electron chi connectivity index (χ1n) is 6.83. The van der Waals surface area contributed by atoms with Crippen LogP contribution < -0.4 is 15.2 Å². The summed E-state index contributed by atoms with van der Waals surface area (Å²) in [5.74, 6) is 1.71. The molecular weight excluding hydrogens is 250 g/mol. The van der Waals surface area contributed by atoms with E-state index in [1.165, 1.54) is 11.1 Å². The van der Waals surface area contributed by atoms with Crippen LogP contribution in [0, 0.1) is 6.92 Å². The van der Waals surface area contributed by atoms with Crippen molar-refractivity contribution in [2.45, 2.75) is 25.5 Å². The van der Waals surface area contributed by atoms with Crippen molar-refractivity contribution in [3.63, 3.8) is 0 Å². The molecule has 2 atom stereocenters. The topological polar surface area (TPSA) is 44.5 Å². The van der Waals surface area contributed by atoms with E-state index in [1.807, 2.05) is 36.4 Å². The largest absolute Gasteiger partial charge is 0.497 e. The first-order valence-corrected chi connectivity index (χ1v) is 6.83. The van der Waals surface area contributed by atoms with Crippen LogP contribution in [0.1, 0.15) is 22.7 Å². The molecule has 0 saturated heterocycles. The lowest BCUT2D eigenvalue weighted by molar-refractivity contribution is 0.185. The van der Waals surface area contributed by atoms with Crippen molar-refractivity contribution in [3.05, 3.63) is 59.2 Å². The Morgan fingerprint density at radius 2 is 1.75 bits per heavy atom. The fourth-order valence-corrected chi connectivity index (χ4v) is 2.65. The first kappa shape index (κ1) is 13.0. The second-order valence-corrected chi connectivity index (χ2v) is 5.26. The van der Waals surface area contributed by atoms with Gasteiger partial charge in [0.1, 0.15) is 17.6 Å². The third-order valence-electron chi connectivity index (χ3n) is 3.84. The Bertz CT molecular complexity index is 607. The Kier molecular flexibility index (Phi) is 3.36. The summed E-state index contributed by atoms with van der Waals surface area (Å²) in [5.41, 5.74) is 9.91. The minimum atomic E-state index is -0.110. The van der Waals surface area contributed by atoms with Gasteiger partial charge in [-0.2, -0.15) is 0 Å². The average Bonchev–Trinajstić information content (AvgIpc) is 2.77. The Labute approximate surface area is 119 Å². The summed E-state index contributed by atoms with van der Waals surface area (Å²) < 4.78 is 11.3. The van der Waals surface area contributed by atoms with E-state index < -0.39 is 0 Å². The van der Waals surface area contributed by atoms with Gasteiger partial charge in [0.05, 0.1) is 13.2 Å². The molecule has 1 aliphatic rings. The van der Waals surface area contributed by atoms with Crippen molar-refractivity contribution < 1.29 is 9.47 Å². The molecule has 0 aliphatic heterocycles. The van der Waals surface area contributed by atoms with E-state index in [4.69, 9.17) is 15.2 Å². The summed E-state index contributed by atoms with van der Waals surface area (Å²) in [6.07, 6.45) is 0.828. The average molecular weight is 269 g/mol. The maximum atomic E-state index is 6.31. The van der Waals surface area contributed by atoms with Crippen molar-refractivity contribution in [2.24, 2.45) is 5.73 Å². The molecule has 0 fully saturated rings. The molecule has 0 bridgehead atoms. The number of ether oxygens (including phenoxy) is 2. The van der Waals surface area contributed by atoms with Crippen molar-refractivity contribution in [1.82, 2.24) is 0 Å². The van der Waals surface area contributed by atoms with Crippen LogP contribution in [0.25, 0.3) is 0 Å². The molecular formula is C17H19NO2. The molecule has 0 saturated carbocycles. The number of methoxy groups -OCH3 is 1. The highest BCUT2D eigenvalue weighted by atomic mass is 16.5. The van der Waals surface area contributed by atoms with Crippen LogP contribution in [0.5, 0.6) is 11.5 Å². The molecule has 0 heterocycles. The fourth-order valence-electron chi connectivity index (χ4n) is 2.65. The minimum absolute atomic E-state index is 0.0141. The van der Waals surface area contributed by atoms with Crippen LogP contribution in [0.3, 0.4) is 0 Å². The lowest BCUT2D eigenvalue weighted by Crippen LogP contribution is -2.27. The van der Waals surface area contributed by atoms with Gasteiger partial charge in [-0.15, -0.1) is 0 Å². The highest BCUT2D eigenvalue weighted by molar-refractivity contribution is 5.42. The van der Waals surface area contributed by atoms with Crippen molar-refractivity contribution >= 4 is 0 Å². The molecule has 3 heteroatoms. The van der Waals surface area contributed by atoms with Crippen molar-refractivity contribution in [2.75, 3.05) is 7.11 Å². The monoisotopic (exact) mass is 269 g/mol. The summed E-state index contributed by atoms with van der Waals surface area (Å²) in [7, 11) is 1.67. The summed E-state index contributed by atoms with van der Waals surface area (Å²) in [4.78, 5) is 0. The second-order valence-electron chi connectivity index (χ2n) is 5.26. The molecule has 0 amide bonds. The molecule has 0 aromatic heterocycles. The second kappa shape index (κ2) is 5.17. The molecule has 2 unspecified atom stereocenters. The molecule has 0 spiro atoms. The minimum Gasteiger partial charge on any atom is -0.497 e. The zero-order valence-corrected chi connectivity index (χ0v) is 11.8. The first-order chi connectivity index (χ1) is 9.67. The van der Waals surface area contributed by atoms with Gasteiger partial charge in [0.15, 0.2) is 0 Å². The van der Waals surface area contributed by atoms with Crippen molar-refractivity contribution in [1.29, 1.82) is 0 Å². The Balaban J connectivity index is 1.79. The fraction of sp³-hybridized carbons (Fsp3) is 0.294. The third kappa shape index (κ3) is 2.37. The van der Waals surface area contributed by atoms with Gasteiger partial charge in [-0.25, -0.2) is 0 Å². The molecule has 3 rings (SSSR count). The van der Waals surface area contributed by atoms with Gasteiger partial charge in [-0.05, 0) is 42.3 Å². The van der Waals surface area contributed by atoms with Crippen molar-refractivity contribution in [3.8, 4) is 11.5 Å². The summed E-state index contributed by atoms with van der Waals surface area (Å²) in [6.45, 7) is 2.06. The lowest BCUT2D eigenvalue weighted by Gasteiger charge is -2.18. The quantitative estimate of drug-likeness (QED) is 0.931. The Morgan fingerprint density at radius 3 is 2.45 bits per heavy atom. The number of rotatable bonds is 3. The van der Waals surface area contributed by atoms with E-state index in [-0.39, 0.29) is 12.1 Å². The zero-order valence-electron chi connectivity index (χ0n) is 11.8. The van der Waals surface area contributed by atoms with E-state index in [0.29, 0.717) is 0 Å². The van der Waals surface area contributed by atoms with E-state index in [0.717, 1.165) is 23.5 Å². The molecule has 2 aromatic carbocycles. The summed E-state index contributed by atoms with van der Waals surface area (Å²) in [6, 6.07) is 14.0. The lowest BCUT2D eigenvalue weighted by atomic mass is 10.1. The number of benzene rings is 2. The Hall–Kier alpha value is -2.00. The zero-order chi connectivity index (χ0) is 14.1. The van der Waals surface area contributed by atoms with Gasteiger partial charge < -0.3 is 15.2 Å². The number of fused-ring (bicyclic) bond motifs is 1. The Morgan fingerprint density at radius 1 is 1.05 bits per heavy atom. The van der Waals surface area contributed by atoms with Crippen LogP contribution in [0.4, 0.5) is 0 Å². The molecule has 3 nitrogen and oxygen atoms in total. The van der Waals surface area contributed by atoms with E-state index >= 15 is 0 Å². The van der Waals surface area contributed by atoms with Crippen LogP contribution in [0.15, 0.2) is 42.5 Å². The molecule has 2 N–H and O–H groups in total. The van der Waals surface area contributed by atoms with Gasteiger partial charge in [-0.3, -0.25) is 0 Å². The predicted octanol–water partition coefficient (Wildman–Crippen LogP) is 3.01. The SMILES string of the molecule is COc1ccc2c(c1)C(N)C(Oc1ccc(C)cc1)C2. The molecule has 104 valence electrons. The maximum Gasteiger partial charge on any atom is 0.122 e. The third-order valence-corrected chi connectivity index (χ3v) is 3.84.